The number of nitrogens with one attached hydrogen (secondary N) is 1. The molecule has 4 nitrogen and oxygen atoms in total. The minimum Gasteiger partial charge on any atom is -0.353 e. The van der Waals surface area contributed by atoms with Gasteiger partial charge in [-0.2, -0.15) is 4.98 Å². The first kappa shape index (κ1) is 12.4. The molecule has 1 N–H and O–H groups in total. The van der Waals surface area contributed by atoms with Crippen LogP contribution in [-0.2, 0) is 6.42 Å². The normalized spacial score (nSPS) is 11.1. The molecule has 0 bridgehead atoms. The summed E-state index contributed by atoms with van der Waals surface area (Å²) in [5.41, 5.74) is 0.614. The second kappa shape index (κ2) is 5.14. The molecule has 0 unspecified atom stereocenters. The van der Waals surface area contributed by atoms with E-state index in [0.29, 0.717) is 18.1 Å². The minimum atomic E-state index is -0.336. The van der Waals surface area contributed by atoms with E-state index in [2.05, 4.69) is 15.4 Å². The smallest absolute Gasteiger partial charge is 0.243 e. The van der Waals surface area contributed by atoms with E-state index in [4.69, 9.17) is 11.6 Å². The molecule has 3 heterocycles. The van der Waals surface area contributed by atoms with Gasteiger partial charge >= 0.3 is 0 Å². The molecule has 0 spiro atoms. The summed E-state index contributed by atoms with van der Waals surface area (Å²) < 4.78 is 15.2. The third-order valence-electron chi connectivity index (χ3n) is 2.58. The summed E-state index contributed by atoms with van der Waals surface area (Å²) in [6, 6.07) is 6.84. The Labute approximate surface area is 117 Å². The number of fused-ring (bicyclic) bond motifs is 1. The van der Waals surface area contributed by atoms with Crippen LogP contribution >= 0.6 is 22.9 Å². The molecule has 0 aromatic carbocycles. The quantitative estimate of drug-likeness (QED) is 0.804. The maximum atomic E-state index is 13.0. The number of anilines is 1. The fourth-order valence-electron chi connectivity index (χ4n) is 1.72. The number of pyridine rings is 1. The van der Waals surface area contributed by atoms with Crippen molar-refractivity contribution in [1.82, 2.24) is 14.6 Å². The maximum absolute atomic E-state index is 13.0. The summed E-state index contributed by atoms with van der Waals surface area (Å²) in [6.45, 7) is 0.705. The second-order valence-corrected chi connectivity index (χ2v) is 5.77. The highest BCUT2D eigenvalue weighted by Gasteiger charge is 2.04. The molecule has 0 fully saturated rings. The van der Waals surface area contributed by atoms with Crippen molar-refractivity contribution in [3.05, 3.63) is 45.5 Å². The Morgan fingerprint density at radius 1 is 1.32 bits per heavy atom. The van der Waals surface area contributed by atoms with E-state index in [-0.39, 0.29) is 5.82 Å². The first-order valence-corrected chi connectivity index (χ1v) is 6.90. The van der Waals surface area contributed by atoms with Crippen LogP contribution in [0, 0.1) is 5.82 Å². The van der Waals surface area contributed by atoms with Crippen molar-refractivity contribution < 1.29 is 4.39 Å². The molecule has 0 radical (unpaired) electrons. The van der Waals surface area contributed by atoms with E-state index < -0.39 is 0 Å². The Morgan fingerprint density at radius 3 is 3.00 bits per heavy atom. The van der Waals surface area contributed by atoms with E-state index in [1.54, 1.807) is 17.4 Å². The van der Waals surface area contributed by atoms with E-state index in [1.807, 2.05) is 12.1 Å². The highest BCUT2D eigenvalue weighted by molar-refractivity contribution is 7.16. The summed E-state index contributed by atoms with van der Waals surface area (Å²) in [7, 11) is 0. The van der Waals surface area contributed by atoms with Crippen molar-refractivity contribution in [1.29, 1.82) is 0 Å². The van der Waals surface area contributed by atoms with Gasteiger partial charge in [0, 0.05) is 11.4 Å². The molecule has 3 aromatic heterocycles. The van der Waals surface area contributed by atoms with Gasteiger partial charge in [0.15, 0.2) is 5.65 Å². The molecule has 0 aliphatic rings. The second-order valence-electron chi connectivity index (χ2n) is 3.97. The fourth-order valence-corrected chi connectivity index (χ4v) is 2.80. The molecule has 0 atom stereocenters. The van der Waals surface area contributed by atoms with Crippen LogP contribution in [0.25, 0.3) is 5.65 Å². The van der Waals surface area contributed by atoms with E-state index in [9.17, 15) is 4.39 Å². The zero-order valence-corrected chi connectivity index (χ0v) is 11.4. The number of aromatic nitrogens is 3. The summed E-state index contributed by atoms with van der Waals surface area (Å²) in [6.07, 6.45) is 2.15. The third kappa shape index (κ3) is 2.85. The molecular formula is C12H10ClFN4S. The molecule has 7 heteroatoms. The molecule has 0 saturated heterocycles. The van der Waals surface area contributed by atoms with Crippen LogP contribution in [0.5, 0.6) is 0 Å². The van der Waals surface area contributed by atoms with Gasteiger partial charge in [-0.15, -0.1) is 16.4 Å². The zero-order chi connectivity index (χ0) is 13.2. The SMILES string of the molecule is Fc1ccc2nc(NCCc3ccc(Cl)s3)nn2c1. The van der Waals surface area contributed by atoms with Crippen molar-refractivity contribution in [3.8, 4) is 0 Å². The minimum absolute atomic E-state index is 0.336. The maximum Gasteiger partial charge on any atom is 0.243 e. The molecule has 0 amide bonds. The number of rotatable bonds is 4. The van der Waals surface area contributed by atoms with Crippen molar-refractivity contribution in [2.24, 2.45) is 0 Å². The average molecular weight is 297 g/mol. The van der Waals surface area contributed by atoms with Gasteiger partial charge in [-0.25, -0.2) is 8.91 Å². The summed E-state index contributed by atoms with van der Waals surface area (Å²) in [5, 5.41) is 7.25. The highest BCUT2D eigenvalue weighted by atomic mass is 35.5. The van der Waals surface area contributed by atoms with Crippen LogP contribution < -0.4 is 5.32 Å². The fraction of sp³-hybridized carbons (Fsp3) is 0.167. The van der Waals surface area contributed by atoms with Crippen molar-refractivity contribution in [2.45, 2.75) is 6.42 Å². The number of nitrogens with zero attached hydrogens (tertiary/aromatic N) is 3. The number of thiophene rings is 1. The number of hydrogen-bond donors (Lipinski definition) is 1. The van der Waals surface area contributed by atoms with Crippen molar-refractivity contribution in [3.63, 3.8) is 0 Å². The van der Waals surface area contributed by atoms with Gasteiger partial charge in [0.25, 0.3) is 0 Å². The first-order valence-electron chi connectivity index (χ1n) is 5.71. The lowest BCUT2D eigenvalue weighted by molar-refractivity contribution is 0.615. The van der Waals surface area contributed by atoms with Crippen LogP contribution in [0.3, 0.4) is 0 Å². The lowest BCUT2D eigenvalue weighted by Crippen LogP contribution is -2.05. The lowest BCUT2D eigenvalue weighted by atomic mass is 10.3. The van der Waals surface area contributed by atoms with Gasteiger partial charge < -0.3 is 5.32 Å². The Hall–Kier alpha value is -1.66. The largest absolute Gasteiger partial charge is 0.353 e. The number of halogens is 2. The zero-order valence-electron chi connectivity index (χ0n) is 9.81. The predicted molar refractivity (Wildman–Crippen MR) is 74.5 cm³/mol. The van der Waals surface area contributed by atoms with Crippen LogP contribution in [0.2, 0.25) is 4.34 Å². The monoisotopic (exact) mass is 296 g/mol. The highest BCUT2D eigenvalue weighted by Crippen LogP contribution is 2.21. The Morgan fingerprint density at radius 2 is 2.21 bits per heavy atom. The predicted octanol–water partition coefficient (Wildman–Crippen LogP) is 3.24. The molecule has 0 aliphatic heterocycles. The molecule has 3 aromatic rings. The molecule has 0 aliphatic carbocycles. The van der Waals surface area contributed by atoms with Crippen LogP contribution in [0.4, 0.5) is 10.3 Å². The van der Waals surface area contributed by atoms with Gasteiger partial charge in [-0.3, -0.25) is 0 Å². The van der Waals surface area contributed by atoms with Crippen molar-refractivity contribution in [2.75, 3.05) is 11.9 Å². The average Bonchev–Trinajstić information content (AvgIpc) is 2.95. The molecular weight excluding hydrogens is 287 g/mol. The standard InChI is InChI=1S/C12H10ClFN4S/c13-10-3-2-9(19-10)5-6-15-12-16-11-4-1-8(14)7-18(11)17-12/h1-4,7H,5-6H2,(H,15,17). The van der Waals surface area contributed by atoms with Gasteiger partial charge in [0.1, 0.15) is 5.82 Å². The Bertz CT molecular complexity index is 709. The van der Waals surface area contributed by atoms with Crippen LogP contribution in [0.1, 0.15) is 4.88 Å². The van der Waals surface area contributed by atoms with Gasteiger partial charge in [-0.05, 0) is 30.7 Å². The van der Waals surface area contributed by atoms with Gasteiger partial charge in [0.05, 0.1) is 10.5 Å². The topological polar surface area (TPSA) is 42.2 Å². The summed E-state index contributed by atoms with van der Waals surface area (Å²) in [5.74, 6) is 0.158. The Balaban J connectivity index is 1.65. The molecule has 0 saturated carbocycles. The van der Waals surface area contributed by atoms with E-state index in [0.717, 1.165) is 10.8 Å². The summed E-state index contributed by atoms with van der Waals surface area (Å²) >= 11 is 7.42. The summed E-state index contributed by atoms with van der Waals surface area (Å²) in [4.78, 5) is 5.44. The van der Waals surface area contributed by atoms with Crippen molar-refractivity contribution >= 4 is 34.5 Å². The Kier molecular flexibility index (Phi) is 3.35. The first-order chi connectivity index (χ1) is 9.20. The van der Waals surface area contributed by atoms with E-state index >= 15 is 0 Å². The third-order valence-corrected chi connectivity index (χ3v) is 3.87. The number of hydrogen-bond acceptors (Lipinski definition) is 4. The van der Waals surface area contributed by atoms with Crippen LogP contribution in [0.15, 0.2) is 30.5 Å². The molecule has 19 heavy (non-hydrogen) atoms. The molecule has 98 valence electrons. The van der Waals surface area contributed by atoms with Gasteiger partial charge in [0.2, 0.25) is 5.95 Å². The lowest BCUT2D eigenvalue weighted by Gasteiger charge is -1.98. The van der Waals surface area contributed by atoms with Gasteiger partial charge in [-0.1, -0.05) is 11.6 Å². The van der Waals surface area contributed by atoms with E-state index in [1.165, 1.54) is 21.7 Å². The molecule has 3 rings (SSSR count). The van der Waals surface area contributed by atoms with Crippen LogP contribution in [-0.4, -0.2) is 21.1 Å².